The van der Waals surface area contributed by atoms with E-state index >= 15 is 0 Å². The predicted octanol–water partition coefficient (Wildman–Crippen LogP) is 3.44. The Kier molecular flexibility index (Phi) is 4.83. The fourth-order valence-electron chi connectivity index (χ4n) is 3.05. The quantitative estimate of drug-likeness (QED) is 0.677. The van der Waals surface area contributed by atoms with E-state index < -0.39 is 11.5 Å². The Hall–Kier alpha value is -2.56. The summed E-state index contributed by atoms with van der Waals surface area (Å²) in [5, 5.41) is 10.7. The lowest BCUT2D eigenvalue weighted by atomic mass is 9.90. The molecule has 1 aliphatic heterocycles. The number of carbonyl (C=O) groups excluding carboxylic acids is 2. The third-order valence-corrected chi connectivity index (χ3v) is 4.24. The van der Waals surface area contributed by atoms with Gasteiger partial charge in [-0.3, -0.25) is 4.79 Å². The van der Waals surface area contributed by atoms with Crippen LogP contribution in [0.1, 0.15) is 32.8 Å². The average Bonchev–Trinajstić information content (AvgIpc) is 2.73. The van der Waals surface area contributed by atoms with Crippen molar-refractivity contribution in [3.05, 3.63) is 52.9 Å². The van der Waals surface area contributed by atoms with Crippen LogP contribution in [-0.2, 0) is 14.3 Å². The van der Waals surface area contributed by atoms with Gasteiger partial charge in [-0.25, -0.2) is 4.79 Å². The molecule has 1 N–H and O–H groups in total. The second-order valence-corrected chi connectivity index (χ2v) is 6.28. The van der Waals surface area contributed by atoms with Gasteiger partial charge >= 0.3 is 5.97 Å². The van der Waals surface area contributed by atoms with Gasteiger partial charge < -0.3 is 14.7 Å². The van der Waals surface area contributed by atoms with E-state index in [2.05, 4.69) is 0 Å². The lowest BCUT2D eigenvalue weighted by Crippen LogP contribution is -2.42. The number of nitrogens with zero attached hydrogens (tertiary/aromatic N) is 1. The summed E-state index contributed by atoms with van der Waals surface area (Å²) >= 11 is 0. The molecule has 0 aromatic heterocycles. The van der Waals surface area contributed by atoms with Gasteiger partial charge in [0, 0.05) is 12.1 Å². The average molecular weight is 329 g/mol. The zero-order valence-electron chi connectivity index (χ0n) is 14.7. The number of anilines is 1. The lowest BCUT2D eigenvalue weighted by molar-refractivity contribution is -0.134. The number of ketones is 1. The van der Waals surface area contributed by atoms with Gasteiger partial charge in [0.25, 0.3) is 0 Å². The first-order valence-corrected chi connectivity index (χ1v) is 7.87. The topological polar surface area (TPSA) is 66.8 Å². The maximum absolute atomic E-state index is 12.4. The lowest BCUT2D eigenvalue weighted by Gasteiger charge is -2.36. The van der Waals surface area contributed by atoms with E-state index in [0.717, 1.165) is 11.3 Å². The molecule has 0 fully saturated rings. The smallest absolute Gasteiger partial charge is 0.332 e. The molecule has 1 aromatic carbocycles. The van der Waals surface area contributed by atoms with E-state index in [-0.39, 0.29) is 23.7 Å². The van der Waals surface area contributed by atoms with Gasteiger partial charge in [-0.15, -0.1) is 0 Å². The molecule has 0 amide bonds. The molecule has 0 aliphatic carbocycles. The van der Waals surface area contributed by atoms with Crippen LogP contribution >= 0.6 is 0 Å². The number of aliphatic hydroxyl groups excluding tert-OH is 1. The number of benzene rings is 1. The molecule has 0 atom stereocenters. The number of carbonyl (C=O) groups is 2. The second kappa shape index (κ2) is 6.51. The van der Waals surface area contributed by atoms with Gasteiger partial charge in [0.1, 0.15) is 5.76 Å². The van der Waals surface area contributed by atoms with Crippen LogP contribution in [0.2, 0.25) is 0 Å². The highest BCUT2D eigenvalue weighted by atomic mass is 16.5. The molecule has 5 heteroatoms. The predicted molar refractivity (Wildman–Crippen MR) is 92.8 cm³/mol. The third-order valence-electron chi connectivity index (χ3n) is 4.24. The summed E-state index contributed by atoms with van der Waals surface area (Å²) in [7, 11) is 1.27. The molecule has 0 unspecified atom stereocenters. The Bertz CT molecular complexity index is 726. The van der Waals surface area contributed by atoms with Crippen LogP contribution in [0.5, 0.6) is 0 Å². The summed E-state index contributed by atoms with van der Waals surface area (Å²) in [4.78, 5) is 25.9. The minimum absolute atomic E-state index is 0.150. The van der Waals surface area contributed by atoms with Crippen LogP contribution in [0.15, 0.2) is 47.4 Å². The number of rotatable bonds is 4. The van der Waals surface area contributed by atoms with Gasteiger partial charge in [-0.2, -0.15) is 0 Å². The van der Waals surface area contributed by atoms with E-state index in [0.29, 0.717) is 5.57 Å². The van der Waals surface area contributed by atoms with Crippen molar-refractivity contribution >= 4 is 17.4 Å². The standard InChI is InChI=1S/C19H23NO4/c1-6-15(21)17-18(23)14(11-16(22)24-5)20(19(17,3)4)13-9-7-12(2)8-10-13/h7-11,23H,6H2,1-5H3/b14-11+. The minimum Gasteiger partial charge on any atom is -0.505 e. The van der Waals surface area contributed by atoms with Crippen LogP contribution < -0.4 is 4.90 Å². The third kappa shape index (κ3) is 2.94. The molecule has 128 valence electrons. The van der Waals surface area contributed by atoms with E-state index in [4.69, 9.17) is 4.74 Å². The molecule has 2 rings (SSSR count). The van der Waals surface area contributed by atoms with Crippen molar-refractivity contribution in [2.24, 2.45) is 0 Å². The maximum atomic E-state index is 12.4. The SMILES string of the molecule is CCC(=O)C1=C(O)/C(=C\C(=O)OC)N(c2ccc(C)cc2)C1(C)C. The molecule has 0 saturated heterocycles. The maximum Gasteiger partial charge on any atom is 0.332 e. The van der Waals surface area contributed by atoms with Crippen LogP contribution in [0.25, 0.3) is 0 Å². The highest BCUT2D eigenvalue weighted by Gasteiger charge is 2.46. The van der Waals surface area contributed by atoms with Crippen molar-refractivity contribution < 1.29 is 19.4 Å². The second-order valence-electron chi connectivity index (χ2n) is 6.28. The van der Waals surface area contributed by atoms with Crippen molar-refractivity contribution in [1.82, 2.24) is 0 Å². The summed E-state index contributed by atoms with van der Waals surface area (Å²) in [6.45, 7) is 7.43. The van der Waals surface area contributed by atoms with E-state index in [1.54, 1.807) is 11.8 Å². The minimum atomic E-state index is -0.785. The zero-order chi connectivity index (χ0) is 18.1. The Balaban J connectivity index is 2.67. The van der Waals surface area contributed by atoms with Gasteiger partial charge in [-0.1, -0.05) is 24.6 Å². The first kappa shape index (κ1) is 17.8. The fraction of sp³-hybridized carbons (Fsp3) is 0.368. The molecular weight excluding hydrogens is 306 g/mol. The number of methoxy groups -OCH3 is 1. The van der Waals surface area contributed by atoms with Crippen molar-refractivity contribution in [2.75, 3.05) is 12.0 Å². The summed E-state index contributed by atoms with van der Waals surface area (Å²) in [6, 6.07) is 7.68. The van der Waals surface area contributed by atoms with Gasteiger partial charge in [-0.05, 0) is 32.9 Å². The highest BCUT2D eigenvalue weighted by molar-refractivity contribution is 6.02. The number of esters is 1. The molecule has 0 spiro atoms. The molecule has 24 heavy (non-hydrogen) atoms. The number of ether oxygens (including phenoxy) is 1. The van der Waals surface area contributed by atoms with E-state index in [1.165, 1.54) is 13.2 Å². The summed E-state index contributed by atoms with van der Waals surface area (Å²) < 4.78 is 4.69. The number of hydrogen-bond donors (Lipinski definition) is 1. The molecule has 1 aromatic rings. The fourth-order valence-corrected chi connectivity index (χ4v) is 3.05. The van der Waals surface area contributed by atoms with Crippen molar-refractivity contribution in [3.8, 4) is 0 Å². The first-order chi connectivity index (χ1) is 11.2. The van der Waals surface area contributed by atoms with Gasteiger partial charge in [0.15, 0.2) is 5.78 Å². The zero-order valence-corrected chi connectivity index (χ0v) is 14.7. The van der Waals surface area contributed by atoms with E-state index in [1.807, 2.05) is 45.0 Å². The normalized spacial score (nSPS) is 18.2. The summed E-state index contributed by atoms with van der Waals surface area (Å²) in [5.41, 5.74) is 1.67. The Morgan fingerprint density at radius 2 is 1.83 bits per heavy atom. The van der Waals surface area contributed by atoms with Crippen LogP contribution in [0.3, 0.4) is 0 Å². The van der Waals surface area contributed by atoms with Crippen molar-refractivity contribution in [2.45, 2.75) is 39.7 Å². The molecule has 0 radical (unpaired) electrons. The summed E-state index contributed by atoms with van der Waals surface area (Å²) in [5.74, 6) is -0.907. The van der Waals surface area contributed by atoms with E-state index in [9.17, 15) is 14.7 Å². The van der Waals surface area contributed by atoms with Crippen LogP contribution in [0.4, 0.5) is 5.69 Å². The first-order valence-electron chi connectivity index (χ1n) is 7.87. The van der Waals surface area contributed by atoms with Crippen LogP contribution in [-0.4, -0.2) is 29.5 Å². The van der Waals surface area contributed by atoms with Crippen LogP contribution in [0, 0.1) is 6.92 Å². The van der Waals surface area contributed by atoms with Crippen molar-refractivity contribution in [1.29, 1.82) is 0 Å². The Morgan fingerprint density at radius 3 is 2.33 bits per heavy atom. The van der Waals surface area contributed by atoms with Crippen molar-refractivity contribution in [3.63, 3.8) is 0 Å². The van der Waals surface area contributed by atoms with Gasteiger partial charge in [0.2, 0.25) is 0 Å². The summed E-state index contributed by atoms with van der Waals surface area (Å²) in [6.07, 6.45) is 1.49. The number of Topliss-reactive ketones (excluding diaryl/α,β-unsaturated/α-hetero) is 1. The molecule has 0 bridgehead atoms. The molecule has 0 saturated carbocycles. The largest absolute Gasteiger partial charge is 0.505 e. The molecule has 1 heterocycles. The Morgan fingerprint density at radius 1 is 1.25 bits per heavy atom. The monoisotopic (exact) mass is 329 g/mol. The van der Waals surface area contributed by atoms with Gasteiger partial charge in [0.05, 0.1) is 30.0 Å². The number of aryl methyl sites for hydroxylation is 1. The molecular formula is C19H23NO4. The number of hydrogen-bond acceptors (Lipinski definition) is 5. The number of aliphatic hydroxyl groups is 1. The Labute approximate surface area is 142 Å². The highest BCUT2D eigenvalue weighted by Crippen LogP contribution is 2.44. The molecule has 1 aliphatic rings. The molecule has 5 nitrogen and oxygen atoms in total.